The van der Waals surface area contributed by atoms with Crippen LogP contribution >= 0.6 is 11.8 Å². The first-order valence-electron chi connectivity index (χ1n) is 5.18. The summed E-state index contributed by atoms with van der Waals surface area (Å²) in [5.41, 5.74) is 0.0162. The standard InChI is InChI=1S/C12H13FO2S/c13-12(5-6-16-8-12)7-9-1-3-10(4-2-9)11(14)15/h1-4H,5-8H2,(H,14,15). The highest BCUT2D eigenvalue weighted by Gasteiger charge is 2.34. The summed E-state index contributed by atoms with van der Waals surface area (Å²) in [6.07, 6.45) is 0.984. The summed E-state index contributed by atoms with van der Waals surface area (Å²) in [6.45, 7) is 0. The second-order valence-corrected chi connectivity index (χ2v) is 5.24. The van der Waals surface area contributed by atoms with E-state index in [0.29, 0.717) is 18.6 Å². The van der Waals surface area contributed by atoms with Crippen LogP contribution < -0.4 is 0 Å². The molecule has 0 amide bonds. The van der Waals surface area contributed by atoms with E-state index in [1.54, 1.807) is 23.9 Å². The van der Waals surface area contributed by atoms with Gasteiger partial charge < -0.3 is 5.11 Å². The van der Waals surface area contributed by atoms with Crippen molar-refractivity contribution in [3.8, 4) is 0 Å². The van der Waals surface area contributed by atoms with Crippen LogP contribution in [-0.2, 0) is 6.42 Å². The van der Waals surface area contributed by atoms with Crippen LogP contribution in [0.3, 0.4) is 0 Å². The van der Waals surface area contributed by atoms with Gasteiger partial charge in [-0.25, -0.2) is 9.18 Å². The largest absolute Gasteiger partial charge is 0.478 e. The number of benzene rings is 1. The Labute approximate surface area is 97.9 Å². The van der Waals surface area contributed by atoms with Gasteiger partial charge in [-0.15, -0.1) is 0 Å². The van der Waals surface area contributed by atoms with Crippen LogP contribution in [0.2, 0.25) is 0 Å². The van der Waals surface area contributed by atoms with Crippen LogP contribution in [0.4, 0.5) is 4.39 Å². The molecule has 2 rings (SSSR count). The molecule has 0 saturated carbocycles. The molecule has 1 heterocycles. The number of thioether (sulfide) groups is 1. The molecule has 2 nitrogen and oxygen atoms in total. The first-order valence-corrected chi connectivity index (χ1v) is 6.33. The first-order chi connectivity index (χ1) is 7.59. The highest BCUT2D eigenvalue weighted by molar-refractivity contribution is 7.99. The van der Waals surface area contributed by atoms with E-state index in [-0.39, 0.29) is 5.56 Å². The number of carboxylic acid groups (broad SMARTS) is 1. The van der Waals surface area contributed by atoms with E-state index in [0.717, 1.165) is 11.3 Å². The van der Waals surface area contributed by atoms with Crippen molar-refractivity contribution in [3.63, 3.8) is 0 Å². The number of hydrogen-bond acceptors (Lipinski definition) is 2. The topological polar surface area (TPSA) is 37.3 Å². The Bertz CT molecular complexity index is 383. The van der Waals surface area contributed by atoms with Crippen molar-refractivity contribution in [2.75, 3.05) is 11.5 Å². The molecule has 1 aliphatic rings. The molecule has 0 aliphatic carbocycles. The van der Waals surface area contributed by atoms with Crippen molar-refractivity contribution in [1.82, 2.24) is 0 Å². The van der Waals surface area contributed by atoms with E-state index >= 15 is 0 Å². The Balaban J connectivity index is 2.07. The molecule has 1 aliphatic heterocycles. The van der Waals surface area contributed by atoms with Crippen LogP contribution in [0.5, 0.6) is 0 Å². The molecule has 1 atom stereocenters. The zero-order valence-electron chi connectivity index (χ0n) is 8.78. The van der Waals surface area contributed by atoms with Crippen molar-refractivity contribution in [3.05, 3.63) is 35.4 Å². The van der Waals surface area contributed by atoms with Crippen molar-refractivity contribution in [1.29, 1.82) is 0 Å². The van der Waals surface area contributed by atoms with Gasteiger partial charge >= 0.3 is 5.97 Å². The first kappa shape index (κ1) is 11.5. The third kappa shape index (κ3) is 2.55. The molecular weight excluding hydrogens is 227 g/mol. The lowest BCUT2D eigenvalue weighted by atomic mass is 9.95. The van der Waals surface area contributed by atoms with Gasteiger partial charge in [0.2, 0.25) is 0 Å². The predicted octanol–water partition coefficient (Wildman–Crippen LogP) is 2.77. The summed E-state index contributed by atoms with van der Waals surface area (Å²) >= 11 is 1.64. The van der Waals surface area contributed by atoms with E-state index in [9.17, 15) is 9.18 Å². The minimum Gasteiger partial charge on any atom is -0.478 e. The molecule has 0 aromatic heterocycles. The Kier molecular flexibility index (Phi) is 3.19. The number of hydrogen-bond donors (Lipinski definition) is 1. The maximum absolute atomic E-state index is 14.1. The fraction of sp³-hybridized carbons (Fsp3) is 0.417. The van der Waals surface area contributed by atoms with Gasteiger partial charge in [-0.3, -0.25) is 0 Å². The lowest BCUT2D eigenvalue weighted by molar-refractivity contribution is 0.0697. The Hall–Kier alpha value is -1.03. The van der Waals surface area contributed by atoms with Crippen LogP contribution in [0.15, 0.2) is 24.3 Å². The summed E-state index contributed by atoms with van der Waals surface area (Å²) in [6, 6.07) is 6.47. The molecule has 0 spiro atoms. The van der Waals surface area contributed by atoms with Gasteiger partial charge in [0.25, 0.3) is 0 Å². The molecule has 1 saturated heterocycles. The van der Waals surface area contributed by atoms with Gasteiger partial charge in [0, 0.05) is 12.2 Å². The van der Waals surface area contributed by atoms with Crippen LogP contribution in [0.25, 0.3) is 0 Å². The summed E-state index contributed by atoms with van der Waals surface area (Å²) < 4.78 is 14.1. The number of aromatic carboxylic acids is 1. The van der Waals surface area contributed by atoms with E-state index in [4.69, 9.17) is 5.11 Å². The number of carboxylic acids is 1. The fourth-order valence-corrected chi connectivity index (χ4v) is 3.12. The molecule has 0 bridgehead atoms. The molecule has 1 N–H and O–H groups in total. The Morgan fingerprint density at radius 1 is 1.44 bits per heavy atom. The highest BCUT2D eigenvalue weighted by atomic mass is 32.2. The van der Waals surface area contributed by atoms with E-state index in [1.807, 2.05) is 0 Å². The lowest BCUT2D eigenvalue weighted by Crippen LogP contribution is -2.25. The predicted molar refractivity (Wildman–Crippen MR) is 62.9 cm³/mol. The van der Waals surface area contributed by atoms with Crippen molar-refractivity contribution < 1.29 is 14.3 Å². The summed E-state index contributed by atoms with van der Waals surface area (Å²) in [4.78, 5) is 10.6. The summed E-state index contributed by atoms with van der Waals surface area (Å²) in [5.74, 6) is 0.482. The third-order valence-corrected chi connectivity index (χ3v) is 3.99. The van der Waals surface area contributed by atoms with E-state index in [1.165, 1.54) is 12.1 Å². The average molecular weight is 240 g/mol. The minimum atomic E-state index is -1.10. The van der Waals surface area contributed by atoms with Crippen molar-refractivity contribution in [2.45, 2.75) is 18.5 Å². The maximum atomic E-state index is 14.1. The van der Waals surface area contributed by atoms with E-state index < -0.39 is 11.6 Å². The Morgan fingerprint density at radius 3 is 2.62 bits per heavy atom. The average Bonchev–Trinajstić information content (AvgIpc) is 2.65. The van der Waals surface area contributed by atoms with Crippen LogP contribution in [0, 0.1) is 0 Å². The van der Waals surface area contributed by atoms with Crippen LogP contribution in [0.1, 0.15) is 22.3 Å². The quantitative estimate of drug-likeness (QED) is 0.882. The van der Waals surface area contributed by atoms with Crippen molar-refractivity contribution in [2.24, 2.45) is 0 Å². The lowest BCUT2D eigenvalue weighted by Gasteiger charge is -2.17. The van der Waals surface area contributed by atoms with Gasteiger partial charge in [0.05, 0.1) is 5.56 Å². The van der Waals surface area contributed by atoms with Crippen LogP contribution in [-0.4, -0.2) is 28.3 Å². The van der Waals surface area contributed by atoms with Crippen molar-refractivity contribution >= 4 is 17.7 Å². The summed E-state index contributed by atoms with van der Waals surface area (Å²) in [7, 11) is 0. The van der Waals surface area contributed by atoms with Gasteiger partial charge in [0.15, 0.2) is 0 Å². The third-order valence-electron chi connectivity index (χ3n) is 2.78. The van der Waals surface area contributed by atoms with Gasteiger partial charge in [0.1, 0.15) is 5.67 Å². The normalized spacial score (nSPS) is 24.6. The molecule has 0 radical (unpaired) electrons. The highest BCUT2D eigenvalue weighted by Crippen LogP contribution is 2.34. The molecule has 4 heteroatoms. The van der Waals surface area contributed by atoms with Gasteiger partial charge in [-0.2, -0.15) is 11.8 Å². The molecule has 1 fully saturated rings. The number of rotatable bonds is 3. The number of halogens is 1. The zero-order chi connectivity index (χ0) is 11.6. The molecule has 1 aromatic rings. The fourth-order valence-electron chi connectivity index (χ4n) is 1.85. The molecule has 1 unspecified atom stereocenters. The Morgan fingerprint density at radius 2 is 2.12 bits per heavy atom. The molecule has 86 valence electrons. The second-order valence-electron chi connectivity index (χ2n) is 4.13. The minimum absolute atomic E-state index is 0.248. The maximum Gasteiger partial charge on any atom is 0.335 e. The zero-order valence-corrected chi connectivity index (χ0v) is 9.60. The van der Waals surface area contributed by atoms with Gasteiger partial charge in [-0.05, 0) is 29.9 Å². The number of carbonyl (C=O) groups is 1. The monoisotopic (exact) mass is 240 g/mol. The number of alkyl halides is 1. The van der Waals surface area contributed by atoms with E-state index in [2.05, 4.69) is 0 Å². The smallest absolute Gasteiger partial charge is 0.335 e. The SMILES string of the molecule is O=C(O)c1ccc(CC2(F)CCSC2)cc1. The second kappa shape index (κ2) is 4.45. The van der Waals surface area contributed by atoms with Gasteiger partial charge in [-0.1, -0.05) is 12.1 Å². The molecular formula is C12H13FO2S. The molecule has 1 aromatic carbocycles. The summed E-state index contributed by atoms with van der Waals surface area (Å²) in [5, 5.41) is 8.73. The molecule has 16 heavy (non-hydrogen) atoms.